The number of rotatable bonds is 7. The Balaban J connectivity index is 2.14. The number of phenolic OH excluding ortho intramolecular Hbond substituents is 1. The largest absolute Gasteiger partial charge is 0.508 e. The number of nitrogens with one attached hydrogen (secondary N) is 2. The van der Waals surface area contributed by atoms with Crippen molar-refractivity contribution >= 4 is 35.0 Å². The molecule has 0 aliphatic carbocycles. The monoisotopic (exact) mass is 485 g/mol. The number of hydroxylamine groups is 1. The molecule has 11 heteroatoms. The summed E-state index contributed by atoms with van der Waals surface area (Å²) in [6.45, 7) is 7.03. The molecular formula is C21H25Cl2N3O6. The van der Waals surface area contributed by atoms with Gasteiger partial charge in [0.05, 0.1) is 16.2 Å². The Bertz CT molecular complexity index is 935. The number of likely N-dealkylation sites (tertiary alicyclic amines) is 1. The maximum Gasteiger partial charge on any atom is 0.332 e. The van der Waals surface area contributed by atoms with Crippen LogP contribution in [0.15, 0.2) is 52.4 Å². The van der Waals surface area contributed by atoms with E-state index in [9.17, 15) is 19.8 Å². The van der Waals surface area contributed by atoms with Gasteiger partial charge in [0.2, 0.25) is 0 Å². The maximum absolute atomic E-state index is 11.5. The van der Waals surface area contributed by atoms with Crippen LogP contribution in [-0.2, 0) is 16.1 Å². The summed E-state index contributed by atoms with van der Waals surface area (Å²) in [5.74, 6) is -1.85. The van der Waals surface area contributed by atoms with E-state index in [1.165, 1.54) is 17.6 Å². The second-order valence-electron chi connectivity index (χ2n) is 7.18. The predicted molar refractivity (Wildman–Crippen MR) is 119 cm³/mol. The number of aliphatic hydroxyl groups is 1. The normalized spacial score (nSPS) is 16.2. The Labute approximate surface area is 195 Å². The number of hydrogen-bond acceptors (Lipinski definition) is 7. The average molecular weight is 486 g/mol. The van der Waals surface area contributed by atoms with E-state index >= 15 is 0 Å². The van der Waals surface area contributed by atoms with Gasteiger partial charge in [0.25, 0.3) is 0 Å². The predicted octanol–water partition coefficient (Wildman–Crippen LogP) is 2.46. The van der Waals surface area contributed by atoms with Crippen molar-refractivity contribution in [2.75, 3.05) is 13.1 Å². The highest BCUT2D eigenvalue weighted by atomic mass is 35.5. The highest BCUT2D eigenvalue weighted by Crippen LogP contribution is 2.30. The number of allylic oxidation sites excluding steroid dienone is 3. The zero-order valence-corrected chi connectivity index (χ0v) is 18.9. The van der Waals surface area contributed by atoms with Crippen molar-refractivity contribution < 1.29 is 29.7 Å². The molecular weight excluding hydrogens is 461 g/mol. The van der Waals surface area contributed by atoms with Crippen molar-refractivity contribution in [1.82, 2.24) is 15.7 Å². The summed E-state index contributed by atoms with van der Waals surface area (Å²) in [6, 6.07) is 4.70. The molecule has 1 aliphatic rings. The average Bonchev–Trinajstić information content (AvgIpc) is 2.74. The van der Waals surface area contributed by atoms with Crippen LogP contribution in [0.2, 0.25) is 0 Å². The first-order valence-corrected chi connectivity index (χ1v) is 10.4. The van der Waals surface area contributed by atoms with E-state index in [0.29, 0.717) is 43.8 Å². The molecule has 2 rings (SSSR count). The maximum atomic E-state index is 11.5. The van der Waals surface area contributed by atoms with Crippen molar-refractivity contribution in [3.8, 4) is 11.5 Å². The lowest BCUT2D eigenvalue weighted by Crippen LogP contribution is -2.37. The van der Waals surface area contributed by atoms with E-state index in [1.54, 1.807) is 19.1 Å². The van der Waals surface area contributed by atoms with Crippen LogP contribution in [0.5, 0.6) is 11.5 Å². The molecule has 174 valence electrons. The molecule has 0 bridgehead atoms. The Morgan fingerprint density at radius 1 is 1.28 bits per heavy atom. The number of piperidine rings is 1. The number of carbonyl (C=O) groups is 2. The van der Waals surface area contributed by atoms with Crippen LogP contribution in [0.25, 0.3) is 0 Å². The summed E-state index contributed by atoms with van der Waals surface area (Å²) in [5.41, 5.74) is 1.80. The third-order valence-corrected chi connectivity index (χ3v) is 5.09. The molecule has 1 aliphatic heterocycles. The van der Waals surface area contributed by atoms with Crippen LogP contribution in [0.1, 0.15) is 25.3 Å². The molecule has 1 heterocycles. The Kier molecular flexibility index (Phi) is 9.55. The van der Waals surface area contributed by atoms with E-state index in [0.717, 1.165) is 0 Å². The van der Waals surface area contributed by atoms with Crippen LogP contribution in [0.4, 0.5) is 0 Å². The summed E-state index contributed by atoms with van der Waals surface area (Å²) in [4.78, 5) is 24.7. The smallest absolute Gasteiger partial charge is 0.332 e. The van der Waals surface area contributed by atoms with Gasteiger partial charge in [0.15, 0.2) is 5.76 Å². The van der Waals surface area contributed by atoms with Crippen molar-refractivity contribution in [2.24, 2.45) is 0 Å². The van der Waals surface area contributed by atoms with E-state index < -0.39 is 11.8 Å². The van der Waals surface area contributed by atoms with Crippen LogP contribution in [0.3, 0.4) is 0 Å². The number of phenols is 1. The first kappa shape index (κ1) is 25.7. The van der Waals surface area contributed by atoms with E-state index in [-0.39, 0.29) is 33.4 Å². The standard InChI is InChI=1S/C21H25Cl2N3O6/c1-12(24-20(29)21(30)25-31)9-17(23)19(13(2)22)32-16-3-4-18(28)14(10-16)11-26-7-5-15(27)6-8-26/h3-4,9-10,15,27-28,31H,1,5-8,11H2,2H3,(H,24,29)(H,25,30)/b17-9+,19-13-. The molecule has 0 atom stereocenters. The van der Waals surface area contributed by atoms with E-state index in [1.807, 2.05) is 0 Å². The minimum absolute atomic E-state index is 0.00755. The summed E-state index contributed by atoms with van der Waals surface area (Å²) in [5, 5.41) is 30.7. The summed E-state index contributed by atoms with van der Waals surface area (Å²) < 4.78 is 5.82. The molecule has 2 amide bonds. The van der Waals surface area contributed by atoms with Crippen LogP contribution in [-0.4, -0.2) is 51.3 Å². The van der Waals surface area contributed by atoms with E-state index in [2.05, 4.69) is 16.8 Å². The van der Waals surface area contributed by atoms with Gasteiger partial charge in [-0.25, -0.2) is 5.48 Å². The second kappa shape index (κ2) is 11.9. The molecule has 1 saturated heterocycles. The van der Waals surface area contributed by atoms with Crippen LogP contribution in [0, 0.1) is 0 Å². The van der Waals surface area contributed by atoms with Gasteiger partial charge in [0, 0.05) is 30.9 Å². The highest BCUT2D eigenvalue weighted by Gasteiger charge is 2.19. The molecule has 5 N–H and O–H groups in total. The summed E-state index contributed by atoms with van der Waals surface area (Å²) >= 11 is 12.4. The zero-order valence-electron chi connectivity index (χ0n) is 17.4. The Morgan fingerprint density at radius 2 is 1.94 bits per heavy atom. The van der Waals surface area contributed by atoms with E-state index in [4.69, 9.17) is 33.1 Å². The van der Waals surface area contributed by atoms with Gasteiger partial charge in [-0.1, -0.05) is 29.8 Å². The molecule has 0 saturated carbocycles. The number of aromatic hydroxyl groups is 1. The minimum atomic E-state index is -1.27. The third-order valence-electron chi connectivity index (χ3n) is 4.63. The number of ether oxygens (including phenoxy) is 1. The number of hydrogen-bond donors (Lipinski definition) is 5. The lowest BCUT2D eigenvalue weighted by molar-refractivity contribution is -0.143. The highest BCUT2D eigenvalue weighted by molar-refractivity contribution is 6.36. The van der Waals surface area contributed by atoms with Gasteiger partial charge in [-0.3, -0.25) is 19.7 Å². The van der Waals surface area contributed by atoms with Gasteiger partial charge in [-0.15, -0.1) is 0 Å². The van der Waals surface area contributed by atoms with Crippen LogP contribution >= 0.6 is 23.2 Å². The van der Waals surface area contributed by atoms with Crippen molar-refractivity contribution in [3.05, 3.63) is 57.9 Å². The van der Waals surface area contributed by atoms with Crippen molar-refractivity contribution in [1.29, 1.82) is 0 Å². The molecule has 1 aromatic rings. The van der Waals surface area contributed by atoms with Gasteiger partial charge >= 0.3 is 11.8 Å². The lowest BCUT2D eigenvalue weighted by Gasteiger charge is -2.29. The fourth-order valence-corrected chi connectivity index (χ4v) is 3.48. The van der Waals surface area contributed by atoms with Crippen molar-refractivity contribution in [3.63, 3.8) is 0 Å². The lowest BCUT2D eigenvalue weighted by atomic mass is 10.1. The first-order valence-electron chi connectivity index (χ1n) is 9.69. The molecule has 32 heavy (non-hydrogen) atoms. The SMILES string of the molecule is C=C(/C=C(Cl)\C(Oc1ccc(O)c(CN2CCC(O)CC2)c1)=C(/C)Cl)NC(=O)C(=O)NO. The molecule has 1 aromatic carbocycles. The van der Waals surface area contributed by atoms with Crippen molar-refractivity contribution in [2.45, 2.75) is 32.4 Å². The fourth-order valence-electron chi connectivity index (χ4n) is 2.98. The number of halogens is 2. The molecule has 9 nitrogen and oxygen atoms in total. The van der Waals surface area contributed by atoms with Gasteiger partial charge < -0.3 is 20.3 Å². The number of amides is 2. The molecule has 0 spiro atoms. The van der Waals surface area contributed by atoms with Gasteiger partial charge in [-0.05, 0) is 44.0 Å². The first-order chi connectivity index (χ1) is 15.1. The number of aliphatic hydroxyl groups excluding tert-OH is 1. The number of benzene rings is 1. The minimum Gasteiger partial charge on any atom is -0.508 e. The molecule has 0 aromatic heterocycles. The quantitative estimate of drug-likeness (QED) is 0.132. The second-order valence-corrected chi connectivity index (χ2v) is 8.15. The molecule has 0 unspecified atom stereocenters. The van der Waals surface area contributed by atoms with Gasteiger partial charge in [-0.2, -0.15) is 0 Å². The van der Waals surface area contributed by atoms with Crippen LogP contribution < -0.4 is 15.5 Å². The molecule has 0 radical (unpaired) electrons. The summed E-state index contributed by atoms with van der Waals surface area (Å²) in [6.07, 6.45) is 2.29. The summed E-state index contributed by atoms with van der Waals surface area (Å²) in [7, 11) is 0. The molecule has 1 fully saturated rings. The van der Waals surface area contributed by atoms with Gasteiger partial charge in [0.1, 0.15) is 11.5 Å². The number of nitrogens with zero attached hydrogens (tertiary/aromatic N) is 1. The number of carbonyl (C=O) groups excluding carboxylic acids is 2. The third kappa shape index (κ3) is 7.54. The fraction of sp³-hybridized carbons (Fsp3) is 0.333. The Hall–Kier alpha value is -2.56. The zero-order chi connectivity index (χ0) is 23.8. The topological polar surface area (TPSA) is 131 Å². The Morgan fingerprint density at radius 3 is 2.53 bits per heavy atom.